The lowest BCUT2D eigenvalue weighted by Crippen LogP contribution is -2.04. The molecule has 0 fully saturated rings. The van der Waals surface area contributed by atoms with Crippen molar-refractivity contribution < 1.29 is 9.53 Å². The maximum Gasteiger partial charge on any atom is 0.358 e. The molecule has 78 valence electrons. The van der Waals surface area contributed by atoms with E-state index in [-0.39, 0.29) is 0 Å². The Bertz CT molecular complexity index is 507. The number of thiazole rings is 1. The average Bonchev–Trinajstić information content (AvgIpc) is 2.70. The molecular weight excluding hydrogens is 212 g/mol. The first-order chi connectivity index (χ1) is 7.26. The number of esters is 1. The zero-order valence-electron chi connectivity index (χ0n) is 8.48. The molecule has 0 saturated heterocycles. The van der Waals surface area contributed by atoms with Crippen LogP contribution >= 0.6 is 11.3 Å². The van der Waals surface area contributed by atoms with E-state index in [1.807, 2.05) is 13.0 Å². The third kappa shape index (κ3) is 1.70. The van der Waals surface area contributed by atoms with Gasteiger partial charge in [0.25, 0.3) is 0 Å². The van der Waals surface area contributed by atoms with E-state index in [1.54, 1.807) is 17.5 Å². The van der Waals surface area contributed by atoms with Crippen LogP contribution in [0.4, 0.5) is 0 Å². The maximum absolute atomic E-state index is 11.4. The number of carbonyl (C=O) groups is 1. The first kappa shape index (κ1) is 10.0. The molecule has 0 spiro atoms. The molecule has 0 saturated carbocycles. The molecule has 0 aromatic carbocycles. The Hall–Kier alpha value is -1.49. The predicted molar refractivity (Wildman–Crippen MR) is 58.1 cm³/mol. The van der Waals surface area contributed by atoms with Gasteiger partial charge in [0.05, 0.1) is 16.8 Å². The Kier molecular flexibility index (Phi) is 2.64. The highest BCUT2D eigenvalue weighted by atomic mass is 32.1. The SMILES string of the molecule is CCc1nc2c(C(=O)OC)nccc2s1. The molecular formula is C10H10N2O2S. The molecule has 4 nitrogen and oxygen atoms in total. The summed E-state index contributed by atoms with van der Waals surface area (Å²) in [6.45, 7) is 2.03. The molecule has 15 heavy (non-hydrogen) atoms. The van der Waals surface area contributed by atoms with Crippen LogP contribution in [-0.2, 0) is 11.2 Å². The number of carbonyl (C=O) groups excluding carboxylic acids is 1. The molecule has 0 aliphatic rings. The molecule has 0 N–H and O–H groups in total. The Balaban J connectivity index is 2.64. The van der Waals surface area contributed by atoms with Gasteiger partial charge in [-0.3, -0.25) is 0 Å². The summed E-state index contributed by atoms with van der Waals surface area (Å²) in [4.78, 5) is 19.8. The van der Waals surface area contributed by atoms with Gasteiger partial charge in [-0.05, 0) is 12.5 Å². The number of fused-ring (bicyclic) bond motifs is 1. The number of methoxy groups -OCH3 is 1. The minimum Gasteiger partial charge on any atom is -0.464 e. The summed E-state index contributed by atoms with van der Waals surface area (Å²) >= 11 is 1.58. The predicted octanol–water partition coefficient (Wildman–Crippen LogP) is 2.04. The maximum atomic E-state index is 11.4. The molecule has 0 aliphatic carbocycles. The van der Waals surface area contributed by atoms with Crippen LogP contribution in [-0.4, -0.2) is 23.0 Å². The summed E-state index contributed by atoms with van der Waals surface area (Å²) in [5.74, 6) is -0.437. The van der Waals surface area contributed by atoms with E-state index >= 15 is 0 Å². The molecule has 2 heterocycles. The number of hydrogen-bond donors (Lipinski definition) is 0. The largest absolute Gasteiger partial charge is 0.464 e. The fourth-order valence-electron chi connectivity index (χ4n) is 1.30. The molecule has 0 radical (unpaired) electrons. The minimum atomic E-state index is -0.437. The smallest absolute Gasteiger partial charge is 0.358 e. The third-order valence-electron chi connectivity index (χ3n) is 2.03. The quantitative estimate of drug-likeness (QED) is 0.730. The lowest BCUT2D eigenvalue weighted by molar-refractivity contribution is 0.0596. The second-order valence-corrected chi connectivity index (χ2v) is 4.07. The lowest BCUT2D eigenvalue weighted by Gasteiger charge is -1.97. The standard InChI is InChI=1S/C10H10N2O2S/c1-3-7-12-8-6(15-7)4-5-11-9(8)10(13)14-2/h4-5H,3H2,1-2H3. The zero-order chi connectivity index (χ0) is 10.8. The summed E-state index contributed by atoms with van der Waals surface area (Å²) in [7, 11) is 1.34. The minimum absolute atomic E-state index is 0.297. The summed E-state index contributed by atoms with van der Waals surface area (Å²) in [6.07, 6.45) is 2.46. The Morgan fingerprint density at radius 3 is 3.07 bits per heavy atom. The van der Waals surface area contributed by atoms with Crippen molar-refractivity contribution in [2.45, 2.75) is 13.3 Å². The highest BCUT2D eigenvalue weighted by Gasteiger charge is 2.15. The number of rotatable bonds is 2. The number of ether oxygens (including phenoxy) is 1. The van der Waals surface area contributed by atoms with Crippen molar-refractivity contribution in [1.29, 1.82) is 0 Å². The van der Waals surface area contributed by atoms with Crippen LogP contribution in [0.5, 0.6) is 0 Å². The van der Waals surface area contributed by atoms with Crippen LogP contribution in [0, 0.1) is 0 Å². The van der Waals surface area contributed by atoms with E-state index in [4.69, 9.17) is 0 Å². The number of nitrogens with zero attached hydrogens (tertiary/aromatic N) is 2. The summed E-state index contributed by atoms with van der Waals surface area (Å²) in [5.41, 5.74) is 0.942. The number of hydrogen-bond acceptors (Lipinski definition) is 5. The van der Waals surface area contributed by atoms with Crippen molar-refractivity contribution in [3.63, 3.8) is 0 Å². The van der Waals surface area contributed by atoms with E-state index in [9.17, 15) is 4.79 Å². The number of aryl methyl sites for hydroxylation is 1. The molecule has 0 amide bonds. The van der Waals surface area contributed by atoms with Crippen LogP contribution in [0.1, 0.15) is 22.4 Å². The molecule has 5 heteroatoms. The monoisotopic (exact) mass is 222 g/mol. The Labute approximate surface area is 90.9 Å². The van der Waals surface area contributed by atoms with Gasteiger partial charge in [-0.1, -0.05) is 6.92 Å². The first-order valence-electron chi connectivity index (χ1n) is 4.59. The van der Waals surface area contributed by atoms with Gasteiger partial charge in [-0.2, -0.15) is 0 Å². The fourth-order valence-corrected chi connectivity index (χ4v) is 2.20. The fraction of sp³-hybridized carbons (Fsp3) is 0.300. The molecule has 2 aromatic rings. The Morgan fingerprint density at radius 2 is 2.40 bits per heavy atom. The molecule has 0 unspecified atom stereocenters. The number of aromatic nitrogens is 2. The second kappa shape index (κ2) is 3.94. The van der Waals surface area contributed by atoms with Crippen LogP contribution in [0.15, 0.2) is 12.3 Å². The van der Waals surface area contributed by atoms with Gasteiger partial charge in [0, 0.05) is 6.20 Å². The molecule has 2 rings (SSSR count). The molecule has 2 aromatic heterocycles. The van der Waals surface area contributed by atoms with Gasteiger partial charge in [-0.15, -0.1) is 11.3 Å². The van der Waals surface area contributed by atoms with E-state index in [1.165, 1.54) is 7.11 Å². The van der Waals surface area contributed by atoms with Gasteiger partial charge in [-0.25, -0.2) is 14.8 Å². The summed E-state index contributed by atoms with van der Waals surface area (Å²) in [5, 5.41) is 1.00. The van der Waals surface area contributed by atoms with Gasteiger partial charge in [0.1, 0.15) is 5.52 Å². The lowest BCUT2D eigenvalue weighted by atomic mass is 10.3. The van der Waals surface area contributed by atoms with Crippen molar-refractivity contribution in [3.05, 3.63) is 23.0 Å². The van der Waals surface area contributed by atoms with Crippen molar-refractivity contribution in [2.75, 3.05) is 7.11 Å². The van der Waals surface area contributed by atoms with Gasteiger partial charge in [0.2, 0.25) is 0 Å². The second-order valence-electron chi connectivity index (χ2n) is 2.96. The van der Waals surface area contributed by atoms with Crippen molar-refractivity contribution in [1.82, 2.24) is 9.97 Å². The van der Waals surface area contributed by atoms with Crippen molar-refractivity contribution in [3.8, 4) is 0 Å². The van der Waals surface area contributed by atoms with Crippen molar-refractivity contribution in [2.24, 2.45) is 0 Å². The highest BCUT2D eigenvalue weighted by Crippen LogP contribution is 2.24. The summed E-state index contributed by atoms with van der Waals surface area (Å²) in [6, 6.07) is 1.86. The number of pyridine rings is 1. The van der Waals surface area contributed by atoms with Crippen LogP contribution in [0.2, 0.25) is 0 Å². The topological polar surface area (TPSA) is 52.1 Å². The molecule has 0 atom stereocenters. The third-order valence-corrected chi connectivity index (χ3v) is 3.20. The van der Waals surface area contributed by atoms with Gasteiger partial charge < -0.3 is 4.74 Å². The Morgan fingerprint density at radius 1 is 1.60 bits per heavy atom. The van der Waals surface area contributed by atoms with Gasteiger partial charge >= 0.3 is 5.97 Å². The van der Waals surface area contributed by atoms with Crippen molar-refractivity contribution >= 4 is 27.5 Å². The molecule has 0 aliphatic heterocycles. The van der Waals surface area contributed by atoms with E-state index in [0.717, 1.165) is 16.1 Å². The average molecular weight is 222 g/mol. The molecule has 0 bridgehead atoms. The zero-order valence-corrected chi connectivity index (χ0v) is 9.30. The van der Waals surface area contributed by atoms with E-state index in [2.05, 4.69) is 14.7 Å². The van der Waals surface area contributed by atoms with Crippen LogP contribution in [0.25, 0.3) is 10.2 Å². The van der Waals surface area contributed by atoms with Gasteiger partial charge in [0.15, 0.2) is 5.69 Å². The summed E-state index contributed by atoms with van der Waals surface area (Å²) < 4.78 is 5.62. The van der Waals surface area contributed by atoms with E-state index in [0.29, 0.717) is 11.2 Å². The highest BCUT2D eigenvalue weighted by molar-refractivity contribution is 7.18. The first-order valence-corrected chi connectivity index (χ1v) is 5.40. The van der Waals surface area contributed by atoms with E-state index < -0.39 is 5.97 Å². The van der Waals surface area contributed by atoms with Crippen LogP contribution < -0.4 is 0 Å². The van der Waals surface area contributed by atoms with Crippen LogP contribution in [0.3, 0.4) is 0 Å². The normalized spacial score (nSPS) is 10.5.